The molecular formula is C14H9Cl2N3O2S. The van der Waals surface area contributed by atoms with Crippen LogP contribution in [0.1, 0.15) is 21.1 Å². The fraction of sp³-hybridized carbons (Fsp3) is 0.0714. The maximum atomic E-state index is 11.8. The lowest BCUT2D eigenvalue weighted by Gasteiger charge is -2.00. The van der Waals surface area contributed by atoms with Crippen LogP contribution in [-0.4, -0.2) is 16.1 Å². The highest BCUT2D eigenvalue weighted by molar-refractivity contribution is 7.15. The van der Waals surface area contributed by atoms with Crippen molar-refractivity contribution in [2.75, 3.05) is 5.32 Å². The number of anilines is 1. The number of benzene rings is 1. The lowest BCUT2D eigenvalue weighted by Crippen LogP contribution is -2.10. The van der Waals surface area contributed by atoms with E-state index in [1.807, 2.05) is 6.07 Å². The van der Waals surface area contributed by atoms with Crippen LogP contribution in [0, 0.1) is 0 Å². The van der Waals surface area contributed by atoms with Gasteiger partial charge in [0.2, 0.25) is 5.13 Å². The van der Waals surface area contributed by atoms with Crippen LogP contribution >= 0.6 is 34.5 Å². The first-order valence-electron chi connectivity index (χ1n) is 6.23. The smallest absolute Gasteiger partial charge is 0.293 e. The van der Waals surface area contributed by atoms with Gasteiger partial charge < -0.3 is 4.42 Å². The minimum atomic E-state index is -0.359. The van der Waals surface area contributed by atoms with Crippen LogP contribution in [0.15, 0.2) is 41.0 Å². The first-order valence-corrected chi connectivity index (χ1v) is 7.80. The molecule has 3 rings (SSSR count). The van der Waals surface area contributed by atoms with Crippen molar-refractivity contribution in [3.8, 4) is 0 Å². The predicted molar refractivity (Wildman–Crippen MR) is 85.8 cm³/mol. The van der Waals surface area contributed by atoms with Crippen molar-refractivity contribution in [3.05, 3.63) is 63.0 Å². The van der Waals surface area contributed by atoms with E-state index in [4.69, 9.17) is 27.6 Å². The molecule has 0 radical (unpaired) electrons. The zero-order valence-corrected chi connectivity index (χ0v) is 13.4. The topological polar surface area (TPSA) is 68.0 Å². The van der Waals surface area contributed by atoms with Crippen LogP contribution in [-0.2, 0) is 6.42 Å². The molecule has 0 atom stereocenters. The molecule has 2 aromatic heterocycles. The Kier molecular flexibility index (Phi) is 4.42. The van der Waals surface area contributed by atoms with Gasteiger partial charge in [-0.05, 0) is 29.8 Å². The summed E-state index contributed by atoms with van der Waals surface area (Å²) in [6.45, 7) is 0. The van der Waals surface area contributed by atoms with Crippen molar-refractivity contribution in [2.24, 2.45) is 0 Å². The molecule has 0 saturated heterocycles. The van der Waals surface area contributed by atoms with Gasteiger partial charge in [0.15, 0.2) is 5.76 Å². The molecule has 1 amide bonds. The number of hydrogen-bond donors (Lipinski definition) is 1. The number of carbonyl (C=O) groups is 1. The molecule has 0 aliphatic rings. The molecule has 3 aromatic rings. The van der Waals surface area contributed by atoms with E-state index >= 15 is 0 Å². The Bertz CT molecular complexity index is 802. The fourth-order valence-electron chi connectivity index (χ4n) is 1.77. The Morgan fingerprint density at radius 2 is 2.09 bits per heavy atom. The van der Waals surface area contributed by atoms with E-state index in [0.717, 1.165) is 10.6 Å². The number of carbonyl (C=O) groups excluding carboxylic acids is 1. The Labute approximate surface area is 139 Å². The van der Waals surface area contributed by atoms with Gasteiger partial charge in [-0.2, -0.15) is 0 Å². The van der Waals surface area contributed by atoms with E-state index in [1.54, 1.807) is 24.3 Å². The number of furan rings is 1. The minimum Gasteiger partial charge on any atom is -0.459 e. The molecule has 1 N–H and O–H groups in total. The number of aromatic nitrogens is 2. The molecule has 8 heteroatoms. The number of amides is 1. The highest BCUT2D eigenvalue weighted by Gasteiger charge is 2.12. The van der Waals surface area contributed by atoms with Gasteiger partial charge in [0.25, 0.3) is 5.91 Å². The zero-order valence-electron chi connectivity index (χ0n) is 11.0. The molecule has 0 unspecified atom stereocenters. The lowest BCUT2D eigenvalue weighted by molar-refractivity contribution is 0.0996. The van der Waals surface area contributed by atoms with Gasteiger partial charge in [-0.3, -0.25) is 10.1 Å². The first-order chi connectivity index (χ1) is 10.6. The van der Waals surface area contributed by atoms with Crippen molar-refractivity contribution in [3.63, 3.8) is 0 Å². The summed E-state index contributed by atoms with van der Waals surface area (Å²) in [6.07, 6.45) is 2.00. The van der Waals surface area contributed by atoms with Crippen LogP contribution in [0.3, 0.4) is 0 Å². The fourth-order valence-corrected chi connectivity index (χ4v) is 2.86. The molecule has 0 aliphatic heterocycles. The van der Waals surface area contributed by atoms with Gasteiger partial charge in [0.05, 0.1) is 16.3 Å². The summed E-state index contributed by atoms with van der Waals surface area (Å²) in [5, 5.41) is 12.8. The Balaban J connectivity index is 1.68. The lowest BCUT2D eigenvalue weighted by atomic mass is 10.2. The monoisotopic (exact) mass is 353 g/mol. The highest BCUT2D eigenvalue weighted by Crippen LogP contribution is 2.25. The molecular weight excluding hydrogens is 345 g/mol. The summed E-state index contributed by atoms with van der Waals surface area (Å²) in [6, 6.07) is 8.61. The third-order valence-electron chi connectivity index (χ3n) is 2.77. The third-order valence-corrected chi connectivity index (χ3v) is 4.35. The predicted octanol–water partition coefficient (Wildman–Crippen LogP) is 4.28. The summed E-state index contributed by atoms with van der Waals surface area (Å²) in [5.41, 5.74) is 0.967. The van der Waals surface area contributed by atoms with E-state index in [2.05, 4.69) is 15.5 Å². The quantitative estimate of drug-likeness (QED) is 0.759. The van der Waals surface area contributed by atoms with E-state index in [1.165, 1.54) is 17.6 Å². The van der Waals surface area contributed by atoms with Crippen molar-refractivity contribution in [1.29, 1.82) is 0 Å². The molecule has 1 aromatic carbocycles. The zero-order chi connectivity index (χ0) is 15.5. The Morgan fingerprint density at radius 3 is 2.82 bits per heavy atom. The maximum Gasteiger partial charge on any atom is 0.293 e. The molecule has 2 heterocycles. The van der Waals surface area contributed by atoms with Gasteiger partial charge in [-0.1, -0.05) is 40.6 Å². The van der Waals surface area contributed by atoms with Gasteiger partial charge in [0.1, 0.15) is 5.01 Å². The van der Waals surface area contributed by atoms with Crippen molar-refractivity contribution >= 4 is 45.6 Å². The first kappa shape index (κ1) is 15.0. The normalized spacial score (nSPS) is 10.6. The van der Waals surface area contributed by atoms with Crippen LogP contribution in [0.25, 0.3) is 0 Å². The summed E-state index contributed by atoms with van der Waals surface area (Å²) in [7, 11) is 0. The van der Waals surface area contributed by atoms with Crippen molar-refractivity contribution in [2.45, 2.75) is 6.42 Å². The Hall–Kier alpha value is -1.89. The molecule has 0 spiro atoms. The van der Waals surface area contributed by atoms with E-state index in [-0.39, 0.29) is 11.7 Å². The average Bonchev–Trinajstić information content (AvgIpc) is 3.15. The van der Waals surface area contributed by atoms with E-state index < -0.39 is 0 Å². The van der Waals surface area contributed by atoms with Crippen LogP contribution < -0.4 is 5.32 Å². The second-order valence-corrected chi connectivity index (χ2v) is 6.23. The molecule has 0 aliphatic carbocycles. The van der Waals surface area contributed by atoms with E-state index in [9.17, 15) is 4.79 Å². The standard InChI is InChI=1S/C14H9Cl2N3O2S/c15-9-4-3-8(6-10(9)16)7-12-18-19-14(22-12)17-13(20)11-2-1-5-21-11/h1-6H,7H2,(H,17,19,20). The van der Waals surface area contributed by atoms with Gasteiger partial charge in [-0.25, -0.2) is 0 Å². The van der Waals surface area contributed by atoms with Gasteiger partial charge >= 0.3 is 0 Å². The number of halogens is 2. The van der Waals surface area contributed by atoms with Gasteiger partial charge in [-0.15, -0.1) is 10.2 Å². The molecule has 0 bridgehead atoms. The molecule has 0 saturated carbocycles. The number of rotatable bonds is 4. The number of nitrogens with zero attached hydrogens (tertiary/aromatic N) is 2. The van der Waals surface area contributed by atoms with Crippen LogP contribution in [0.2, 0.25) is 10.0 Å². The minimum absolute atomic E-state index is 0.223. The second kappa shape index (κ2) is 6.48. The van der Waals surface area contributed by atoms with E-state index in [0.29, 0.717) is 21.6 Å². The summed E-state index contributed by atoms with van der Waals surface area (Å²) >= 11 is 13.2. The van der Waals surface area contributed by atoms with Gasteiger partial charge in [0, 0.05) is 6.42 Å². The number of nitrogens with one attached hydrogen (secondary N) is 1. The van der Waals surface area contributed by atoms with Crippen molar-refractivity contribution < 1.29 is 9.21 Å². The largest absolute Gasteiger partial charge is 0.459 e. The molecule has 112 valence electrons. The second-order valence-electron chi connectivity index (χ2n) is 4.36. The molecule has 5 nitrogen and oxygen atoms in total. The molecule has 0 fully saturated rings. The summed E-state index contributed by atoms with van der Waals surface area (Å²) in [5.74, 6) is -0.136. The molecule has 22 heavy (non-hydrogen) atoms. The summed E-state index contributed by atoms with van der Waals surface area (Å²) in [4.78, 5) is 11.8. The Morgan fingerprint density at radius 1 is 1.23 bits per heavy atom. The third kappa shape index (κ3) is 3.47. The average molecular weight is 354 g/mol. The van der Waals surface area contributed by atoms with Crippen molar-refractivity contribution in [1.82, 2.24) is 10.2 Å². The highest BCUT2D eigenvalue weighted by atomic mass is 35.5. The van der Waals surface area contributed by atoms with Crippen LogP contribution in [0.4, 0.5) is 5.13 Å². The maximum absolute atomic E-state index is 11.8. The SMILES string of the molecule is O=C(Nc1nnc(Cc2ccc(Cl)c(Cl)c2)s1)c1ccco1. The van der Waals surface area contributed by atoms with Crippen LogP contribution in [0.5, 0.6) is 0 Å². The summed E-state index contributed by atoms with van der Waals surface area (Å²) < 4.78 is 5.01. The number of hydrogen-bond acceptors (Lipinski definition) is 5.